The van der Waals surface area contributed by atoms with Gasteiger partial charge in [-0.2, -0.15) is 0 Å². The average molecular weight is 1680 g/mol. The van der Waals surface area contributed by atoms with Crippen LogP contribution in [0.1, 0.15) is 380 Å². The lowest BCUT2D eigenvalue weighted by Gasteiger charge is -2.21. The van der Waals surface area contributed by atoms with E-state index in [1.807, 2.05) is 0 Å². The fourth-order valence-corrected chi connectivity index (χ4v) is 14.1. The molecule has 0 saturated carbocycles. The lowest BCUT2D eigenvalue weighted by Crippen LogP contribution is -2.30. The molecule has 117 heavy (non-hydrogen) atoms. The summed E-state index contributed by atoms with van der Waals surface area (Å²) in [5.74, 6) is -1.59. The van der Waals surface area contributed by atoms with E-state index < -0.39 is 91.5 Å². The Morgan fingerprint density at radius 3 is 0.675 bits per heavy atom. The molecule has 0 saturated heterocycles. The number of unbranched alkanes of at least 4 members (excludes halogenated alkanes) is 36. The second-order valence-electron chi connectivity index (χ2n) is 30.7. The highest BCUT2D eigenvalue weighted by atomic mass is 31.2. The highest BCUT2D eigenvalue weighted by Crippen LogP contribution is 2.45. The van der Waals surface area contributed by atoms with E-state index in [9.17, 15) is 43.5 Å². The van der Waals surface area contributed by atoms with Crippen molar-refractivity contribution in [1.82, 2.24) is 0 Å². The molecule has 0 aliphatic carbocycles. The van der Waals surface area contributed by atoms with Gasteiger partial charge in [0.05, 0.1) is 26.4 Å². The Labute approximate surface area is 713 Å². The predicted molar refractivity (Wildman–Crippen MR) is 491 cm³/mol. The fraction of sp³-hybridized carbons (Fsp3) is 0.687. The fourth-order valence-electron chi connectivity index (χ4n) is 12.5. The van der Waals surface area contributed by atoms with Crippen LogP contribution in [-0.2, 0) is 55.8 Å². The third-order valence-corrected chi connectivity index (χ3v) is 21.3. The average Bonchev–Trinajstić information content (AvgIpc) is 0.886. The van der Waals surface area contributed by atoms with E-state index >= 15 is 0 Å². The zero-order chi connectivity index (χ0) is 85.1. The standard InChI is InChI=1S/C99H168O16P2/c1-4-7-10-13-16-19-22-25-28-30-32-34-36-38-40-42-44-45-46-47-49-51-52-54-56-58-60-62-65-67-70-73-76-79-82-85-97(102)109-88-94(100)89-111-116(105,106)112-90-95(101)91-113-117(107,108)114-93-96(115-99(104)87-84-81-78-75-72-69-64-27-24-21-18-15-12-9-6-3)92-110-98(103)86-83-80-77-74-71-68-66-63-61-59-57-55-53-50-48-43-41-39-37-35-33-31-29-26-23-20-17-14-11-8-5-2/h7-12,16-21,25-29,32-35,38-41,44-45,64,94-96,100-101H,4-6,13-15,22-24,30-31,36-37,42-43,46-63,65-93H2,1-3H3,(H,105,106)(H,107,108)/b10-7-,11-8-,12-9-,19-16-,20-17-,21-18-,28-25-,29-26-,34-32-,35-33-,40-38-,41-39-,45-44-,64-27-. The van der Waals surface area contributed by atoms with Crippen molar-refractivity contribution in [3.8, 4) is 0 Å². The van der Waals surface area contributed by atoms with Gasteiger partial charge < -0.3 is 34.2 Å². The van der Waals surface area contributed by atoms with E-state index in [1.54, 1.807) is 0 Å². The second kappa shape index (κ2) is 90.2. The highest BCUT2D eigenvalue weighted by Gasteiger charge is 2.29. The molecule has 0 heterocycles. The summed E-state index contributed by atoms with van der Waals surface area (Å²) in [7, 11) is -9.81. The summed E-state index contributed by atoms with van der Waals surface area (Å²) in [6.45, 7) is 2.36. The molecule has 0 aromatic rings. The van der Waals surface area contributed by atoms with Crippen LogP contribution in [-0.4, -0.2) is 95.9 Å². The first-order valence-electron chi connectivity index (χ1n) is 46.4. The zero-order valence-corrected chi connectivity index (χ0v) is 75.6. The van der Waals surface area contributed by atoms with E-state index in [0.717, 1.165) is 161 Å². The van der Waals surface area contributed by atoms with Crippen LogP contribution >= 0.6 is 15.6 Å². The van der Waals surface area contributed by atoms with Gasteiger partial charge >= 0.3 is 33.6 Å². The van der Waals surface area contributed by atoms with E-state index in [4.69, 9.17) is 32.3 Å². The van der Waals surface area contributed by atoms with Crippen LogP contribution in [0.2, 0.25) is 0 Å². The van der Waals surface area contributed by atoms with Crippen LogP contribution in [0.4, 0.5) is 0 Å². The van der Waals surface area contributed by atoms with Gasteiger partial charge in [0.2, 0.25) is 0 Å². The number of carbonyl (C=O) groups is 3. The van der Waals surface area contributed by atoms with E-state index in [2.05, 4.69) is 191 Å². The van der Waals surface area contributed by atoms with Crippen molar-refractivity contribution in [2.24, 2.45) is 0 Å². The molecule has 0 aromatic carbocycles. The SMILES string of the molecule is CC/C=C\C/C=C\C/C=C\C/C=C\C/C=C\C/C=C\CCCCCCCCCCCCCCCCCCC(=O)OCC(O)COP(=O)(O)OCC(O)COP(=O)(O)OCC(COC(=O)CCCCCCCCCCCCCCCCC/C=C\C/C=C\C/C=C\C/C=C\C/C=C\CC)OC(=O)CCCCCCC/C=C\C/C=C\C/C=C\CC. The molecule has 0 aromatic heterocycles. The van der Waals surface area contributed by atoms with E-state index in [-0.39, 0.29) is 19.3 Å². The van der Waals surface area contributed by atoms with Crippen molar-refractivity contribution >= 4 is 33.6 Å². The van der Waals surface area contributed by atoms with Crippen LogP contribution < -0.4 is 0 Å². The predicted octanol–water partition coefficient (Wildman–Crippen LogP) is 28.7. The summed E-state index contributed by atoms with van der Waals surface area (Å²) in [6.07, 6.45) is 117. The summed E-state index contributed by atoms with van der Waals surface area (Å²) in [5, 5.41) is 20.7. The molecule has 4 N–H and O–H groups in total. The molecule has 0 radical (unpaired) electrons. The van der Waals surface area contributed by atoms with Crippen LogP contribution in [0.15, 0.2) is 170 Å². The number of carbonyl (C=O) groups excluding carboxylic acids is 3. The number of esters is 3. The minimum Gasteiger partial charge on any atom is -0.463 e. The van der Waals surface area contributed by atoms with Crippen LogP contribution in [0.3, 0.4) is 0 Å². The number of aliphatic hydroxyl groups excluding tert-OH is 2. The van der Waals surface area contributed by atoms with Gasteiger partial charge in [0.25, 0.3) is 0 Å². The van der Waals surface area contributed by atoms with Crippen molar-refractivity contribution in [2.45, 2.75) is 399 Å². The minimum absolute atomic E-state index is 0.0830. The first-order valence-corrected chi connectivity index (χ1v) is 49.4. The van der Waals surface area contributed by atoms with E-state index in [1.165, 1.54) is 161 Å². The third-order valence-electron chi connectivity index (χ3n) is 19.4. The number of aliphatic hydroxyl groups is 2. The topological polar surface area (TPSA) is 231 Å². The summed E-state index contributed by atoms with van der Waals surface area (Å²) in [5.41, 5.74) is 0. The maximum atomic E-state index is 13.0. The maximum absolute atomic E-state index is 13.0. The van der Waals surface area contributed by atoms with Crippen LogP contribution in [0.25, 0.3) is 0 Å². The molecule has 0 amide bonds. The van der Waals surface area contributed by atoms with Gasteiger partial charge in [0.1, 0.15) is 25.4 Å². The first-order chi connectivity index (χ1) is 57.2. The number of phosphoric ester groups is 2. The van der Waals surface area contributed by atoms with Crippen molar-refractivity contribution in [3.63, 3.8) is 0 Å². The van der Waals surface area contributed by atoms with Gasteiger partial charge in [-0.25, -0.2) is 9.13 Å². The number of hydrogen-bond donors (Lipinski definition) is 4. The Bertz CT molecular complexity index is 2810. The number of phosphoric acid groups is 2. The molecule has 0 rings (SSSR count). The Kier molecular flexibility index (Phi) is 86.2. The minimum atomic E-state index is -4.94. The molecule has 0 fully saturated rings. The molecule has 5 unspecified atom stereocenters. The molecule has 0 aliphatic heterocycles. The molecule has 16 nitrogen and oxygen atoms in total. The Hall–Kier alpha value is -5.09. The molecule has 5 atom stereocenters. The monoisotopic (exact) mass is 1680 g/mol. The number of hydrogen-bond acceptors (Lipinski definition) is 14. The van der Waals surface area contributed by atoms with Crippen molar-refractivity contribution in [3.05, 3.63) is 170 Å². The summed E-state index contributed by atoms with van der Waals surface area (Å²) >= 11 is 0. The first kappa shape index (κ1) is 112. The molecule has 0 aliphatic rings. The largest absolute Gasteiger partial charge is 0.472 e. The van der Waals surface area contributed by atoms with Gasteiger partial charge in [0, 0.05) is 19.3 Å². The molecule has 18 heteroatoms. The Morgan fingerprint density at radius 2 is 0.427 bits per heavy atom. The Balaban J connectivity index is 4.43. The molecular formula is C99H168O16P2. The highest BCUT2D eigenvalue weighted by molar-refractivity contribution is 7.47. The van der Waals surface area contributed by atoms with Gasteiger partial charge in [-0.15, -0.1) is 0 Å². The van der Waals surface area contributed by atoms with Crippen LogP contribution in [0.5, 0.6) is 0 Å². The molecule has 0 spiro atoms. The number of allylic oxidation sites excluding steroid dienone is 28. The maximum Gasteiger partial charge on any atom is 0.472 e. The lowest BCUT2D eigenvalue weighted by atomic mass is 10.0. The quantitative estimate of drug-likeness (QED) is 0.0146. The number of rotatable bonds is 87. The summed E-state index contributed by atoms with van der Waals surface area (Å²) in [4.78, 5) is 58.9. The van der Waals surface area contributed by atoms with E-state index in [0.29, 0.717) is 19.3 Å². The zero-order valence-electron chi connectivity index (χ0n) is 73.8. The van der Waals surface area contributed by atoms with Gasteiger partial charge in [0.15, 0.2) is 6.10 Å². The number of ether oxygens (including phenoxy) is 3. The van der Waals surface area contributed by atoms with Gasteiger partial charge in [-0.05, 0) is 148 Å². The third kappa shape index (κ3) is 91.5. The second-order valence-corrected chi connectivity index (χ2v) is 33.6. The van der Waals surface area contributed by atoms with Crippen molar-refractivity contribution in [1.29, 1.82) is 0 Å². The molecule has 670 valence electrons. The van der Waals surface area contributed by atoms with Crippen molar-refractivity contribution in [2.75, 3.05) is 39.6 Å². The smallest absolute Gasteiger partial charge is 0.463 e. The van der Waals surface area contributed by atoms with Gasteiger partial charge in [-0.3, -0.25) is 32.5 Å². The summed E-state index contributed by atoms with van der Waals surface area (Å²) in [6, 6.07) is 0. The molecule has 0 bridgehead atoms. The summed E-state index contributed by atoms with van der Waals surface area (Å²) < 4.78 is 61.4. The van der Waals surface area contributed by atoms with Gasteiger partial charge in [-0.1, -0.05) is 384 Å². The molecular weight excluding hydrogens is 1510 g/mol. The van der Waals surface area contributed by atoms with Crippen LogP contribution in [0, 0.1) is 0 Å². The lowest BCUT2D eigenvalue weighted by molar-refractivity contribution is -0.161. The van der Waals surface area contributed by atoms with Crippen molar-refractivity contribution < 1.29 is 75.8 Å². The normalized spacial score (nSPS) is 14.6. The Morgan fingerprint density at radius 1 is 0.239 bits per heavy atom.